The Bertz CT molecular complexity index is 802. The molecule has 25 heavy (non-hydrogen) atoms. The summed E-state index contributed by atoms with van der Waals surface area (Å²) in [6.45, 7) is 10.3. The number of anilines is 1. The quantitative estimate of drug-likeness (QED) is 0.654. The van der Waals surface area contributed by atoms with Crippen LogP contribution in [0.15, 0.2) is 11.6 Å². The second-order valence-corrected chi connectivity index (χ2v) is 7.74. The van der Waals surface area contributed by atoms with Gasteiger partial charge in [0.2, 0.25) is 0 Å². The largest absolute Gasteiger partial charge is 0.485 e. The highest BCUT2D eigenvalue weighted by atomic mass is 32.1. The first-order valence-corrected chi connectivity index (χ1v) is 9.32. The number of ether oxygens (including phenoxy) is 2. The number of esters is 1. The van der Waals surface area contributed by atoms with Crippen molar-refractivity contribution in [2.75, 3.05) is 11.9 Å². The van der Waals surface area contributed by atoms with Crippen molar-refractivity contribution in [3.8, 4) is 11.5 Å². The fourth-order valence-corrected chi connectivity index (χ4v) is 3.80. The second-order valence-electron chi connectivity index (χ2n) is 6.85. The van der Waals surface area contributed by atoms with Crippen LogP contribution in [0.25, 0.3) is 0 Å². The van der Waals surface area contributed by atoms with Crippen LogP contribution in [0.3, 0.4) is 0 Å². The standard InChI is InChI=1S/C19H24N2O3S/c1-11-12(2)17-15(13(3)16(11)23-14(4)22)6-7-19(5,24-17)10-21-18-20-8-9-25-18/h8-9H,6-7,10H2,1-5H3,(H,20,21). The van der Waals surface area contributed by atoms with Gasteiger partial charge in [0.15, 0.2) is 5.13 Å². The number of thiazole rings is 1. The van der Waals surface area contributed by atoms with E-state index in [0.717, 1.165) is 46.0 Å². The summed E-state index contributed by atoms with van der Waals surface area (Å²) in [6.07, 6.45) is 3.58. The summed E-state index contributed by atoms with van der Waals surface area (Å²) < 4.78 is 11.9. The van der Waals surface area contributed by atoms with Crippen LogP contribution in [0.4, 0.5) is 5.13 Å². The number of aromatic nitrogens is 1. The Kier molecular flexibility index (Phi) is 4.73. The Morgan fingerprint density at radius 3 is 2.76 bits per heavy atom. The molecule has 0 bridgehead atoms. The molecule has 1 unspecified atom stereocenters. The van der Waals surface area contributed by atoms with Gasteiger partial charge in [0, 0.05) is 24.1 Å². The smallest absolute Gasteiger partial charge is 0.308 e. The molecule has 1 aromatic carbocycles. The minimum absolute atomic E-state index is 0.292. The fourth-order valence-electron chi connectivity index (χ4n) is 3.28. The van der Waals surface area contributed by atoms with Crippen LogP contribution in [0, 0.1) is 20.8 Å². The van der Waals surface area contributed by atoms with Crippen molar-refractivity contribution < 1.29 is 14.3 Å². The molecular weight excluding hydrogens is 336 g/mol. The van der Waals surface area contributed by atoms with E-state index in [1.807, 2.05) is 26.2 Å². The molecule has 0 amide bonds. The van der Waals surface area contributed by atoms with E-state index in [1.54, 1.807) is 17.5 Å². The Labute approximate surface area is 152 Å². The van der Waals surface area contributed by atoms with Crippen LogP contribution in [0.5, 0.6) is 11.5 Å². The van der Waals surface area contributed by atoms with Gasteiger partial charge in [-0.25, -0.2) is 4.98 Å². The van der Waals surface area contributed by atoms with Gasteiger partial charge in [-0.1, -0.05) is 0 Å². The van der Waals surface area contributed by atoms with Crippen LogP contribution in [-0.4, -0.2) is 23.1 Å². The van der Waals surface area contributed by atoms with Crippen molar-refractivity contribution in [2.24, 2.45) is 0 Å². The highest BCUT2D eigenvalue weighted by Crippen LogP contribution is 2.43. The maximum atomic E-state index is 11.4. The number of nitrogens with zero attached hydrogens (tertiary/aromatic N) is 1. The fraction of sp³-hybridized carbons (Fsp3) is 0.474. The summed E-state index contributed by atoms with van der Waals surface area (Å²) in [5, 5.41) is 6.23. The van der Waals surface area contributed by atoms with Gasteiger partial charge in [0.1, 0.15) is 17.1 Å². The third kappa shape index (κ3) is 3.49. The van der Waals surface area contributed by atoms with Crippen LogP contribution in [0.2, 0.25) is 0 Å². The van der Waals surface area contributed by atoms with Gasteiger partial charge in [-0.05, 0) is 57.2 Å². The molecule has 1 aliphatic rings. The molecule has 0 saturated carbocycles. The van der Waals surface area contributed by atoms with E-state index >= 15 is 0 Å². The predicted octanol–water partition coefficient (Wildman–Crippen LogP) is 4.19. The molecule has 6 heteroatoms. The van der Waals surface area contributed by atoms with E-state index in [-0.39, 0.29) is 11.6 Å². The molecule has 1 aliphatic heterocycles. The molecule has 1 N–H and O–H groups in total. The van der Waals surface area contributed by atoms with Gasteiger partial charge >= 0.3 is 5.97 Å². The Morgan fingerprint density at radius 1 is 1.36 bits per heavy atom. The van der Waals surface area contributed by atoms with Gasteiger partial charge in [-0.15, -0.1) is 11.3 Å². The number of hydrogen-bond acceptors (Lipinski definition) is 6. The number of benzene rings is 1. The molecule has 0 fully saturated rings. The number of rotatable bonds is 4. The Morgan fingerprint density at radius 2 is 2.12 bits per heavy atom. The van der Waals surface area contributed by atoms with Crippen molar-refractivity contribution in [3.63, 3.8) is 0 Å². The molecule has 0 aliphatic carbocycles. The van der Waals surface area contributed by atoms with Crippen LogP contribution in [-0.2, 0) is 11.2 Å². The second kappa shape index (κ2) is 6.67. The van der Waals surface area contributed by atoms with E-state index in [2.05, 4.69) is 17.2 Å². The first-order chi connectivity index (χ1) is 11.8. The van der Waals surface area contributed by atoms with Gasteiger partial charge < -0.3 is 14.8 Å². The van der Waals surface area contributed by atoms with Crippen LogP contribution >= 0.6 is 11.3 Å². The molecule has 5 nitrogen and oxygen atoms in total. The predicted molar refractivity (Wildman–Crippen MR) is 99.9 cm³/mol. The number of fused-ring (bicyclic) bond motifs is 1. The molecule has 2 heterocycles. The summed E-state index contributed by atoms with van der Waals surface area (Å²) in [5.41, 5.74) is 3.85. The van der Waals surface area contributed by atoms with Gasteiger partial charge in [0.05, 0.1) is 6.54 Å². The first kappa shape index (κ1) is 17.7. The van der Waals surface area contributed by atoms with Crippen molar-refractivity contribution in [3.05, 3.63) is 33.8 Å². The van der Waals surface area contributed by atoms with Crippen LogP contribution < -0.4 is 14.8 Å². The monoisotopic (exact) mass is 360 g/mol. The summed E-state index contributed by atoms with van der Waals surface area (Å²) in [5.74, 6) is 1.32. The van der Waals surface area contributed by atoms with Crippen molar-refractivity contribution >= 4 is 22.4 Å². The number of carbonyl (C=O) groups excluding carboxylic acids is 1. The van der Waals surface area contributed by atoms with E-state index in [0.29, 0.717) is 12.3 Å². The molecule has 0 saturated heterocycles. The minimum Gasteiger partial charge on any atom is -0.485 e. The zero-order valence-electron chi connectivity index (χ0n) is 15.4. The lowest BCUT2D eigenvalue weighted by Gasteiger charge is -2.38. The van der Waals surface area contributed by atoms with Gasteiger partial charge in [0.25, 0.3) is 0 Å². The average Bonchev–Trinajstić information content (AvgIpc) is 3.08. The summed E-state index contributed by atoms with van der Waals surface area (Å²) in [4.78, 5) is 15.7. The summed E-state index contributed by atoms with van der Waals surface area (Å²) in [6, 6.07) is 0. The zero-order valence-corrected chi connectivity index (χ0v) is 16.2. The molecule has 2 aromatic rings. The van der Waals surface area contributed by atoms with E-state index in [1.165, 1.54) is 6.92 Å². The number of carbonyl (C=O) groups is 1. The first-order valence-electron chi connectivity index (χ1n) is 8.44. The number of hydrogen-bond donors (Lipinski definition) is 1. The van der Waals surface area contributed by atoms with Crippen molar-refractivity contribution in [1.82, 2.24) is 4.98 Å². The van der Waals surface area contributed by atoms with Crippen molar-refractivity contribution in [1.29, 1.82) is 0 Å². The van der Waals surface area contributed by atoms with E-state index in [4.69, 9.17) is 9.47 Å². The lowest BCUT2D eigenvalue weighted by Crippen LogP contribution is -2.43. The highest BCUT2D eigenvalue weighted by Gasteiger charge is 2.35. The third-order valence-electron chi connectivity index (χ3n) is 4.86. The van der Waals surface area contributed by atoms with E-state index in [9.17, 15) is 4.79 Å². The highest BCUT2D eigenvalue weighted by molar-refractivity contribution is 7.13. The topological polar surface area (TPSA) is 60.5 Å². The summed E-state index contributed by atoms with van der Waals surface area (Å²) >= 11 is 1.59. The molecule has 1 atom stereocenters. The van der Waals surface area contributed by atoms with Crippen molar-refractivity contribution in [2.45, 2.75) is 53.1 Å². The maximum absolute atomic E-state index is 11.4. The van der Waals surface area contributed by atoms with E-state index < -0.39 is 0 Å². The molecule has 0 radical (unpaired) electrons. The lowest BCUT2D eigenvalue weighted by atomic mass is 9.87. The molecule has 0 spiro atoms. The third-order valence-corrected chi connectivity index (χ3v) is 5.59. The van der Waals surface area contributed by atoms with Crippen LogP contribution in [0.1, 0.15) is 42.5 Å². The Hall–Kier alpha value is -2.08. The molecule has 1 aromatic heterocycles. The lowest BCUT2D eigenvalue weighted by molar-refractivity contribution is -0.132. The zero-order chi connectivity index (χ0) is 18.2. The average molecular weight is 360 g/mol. The SMILES string of the molecule is CC(=O)Oc1c(C)c(C)c2c(c1C)CCC(C)(CNc1nccs1)O2. The summed E-state index contributed by atoms with van der Waals surface area (Å²) in [7, 11) is 0. The molecular formula is C19H24N2O3S. The minimum atomic E-state index is -0.300. The van der Waals surface area contributed by atoms with Gasteiger partial charge in [-0.3, -0.25) is 4.79 Å². The molecule has 3 rings (SSSR count). The van der Waals surface area contributed by atoms with Gasteiger partial charge in [-0.2, -0.15) is 0 Å². The molecule has 134 valence electrons. The normalized spacial score (nSPS) is 19.1. The Balaban J connectivity index is 1.89. The number of nitrogens with one attached hydrogen (secondary N) is 1. The maximum Gasteiger partial charge on any atom is 0.308 e.